The fourth-order valence-corrected chi connectivity index (χ4v) is 4.37. The van der Waals surface area contributed by atoms with E-state index in [1.807, 2.05) is 53.4 Å². The van der Waals surface area contributed by atoms with E-state index < -0.39 is 11.9 Å². The van der Waals surface area contributed by atoms with Crippen LogP contribution in [0.25, 0.3) is 0 Å². The topological polar surface area (TPSA) is 55.8 Å². The van der Waals surface area contributed by atoms with Gasteiger partial charge in [0, 0.05) is 23.2 Å². The molecule has 0 N–H and O–H groups in total. The predicted octanol–water partition coefficient (Wildman–Crippen LogP) is 4.26. The zero-order valence-electron chi connectivity index (χ0n) is 16.3. The van der Waals surface area contributed by atoms with Crippen LogP contribution < -0.4 is 4.74 Å². The second-order valence-corrected chi connectivity index (χ2v) is 7.65. The number of likely N-dealkylation sites (tertiary alicyclic amines) is 1. The van der Waals surface area contributed by atoms with E-state index >= 15 is 0 Å². The van der Waals surface area contributed by atoms with Crippen LogP contribution in [-0.4, -0.2) is 35.5 Å². The normalized spacial score (nSPS) is 21.3. The van der Waals surface area contributed by atoms with E-state index in [0.29, 0.717) is 11.5 Å². The van der Waals surface area contributed by atoms with Gasteiger partial charge in [-0.3, -0.25) is 9.59 Å². The third-order valence-electron chi connectivity index (χ3n) is 5.74. The number of carbonyl (C=O) groups excluding carboxylic acids is 2. The summed E-state index contributed by atoms with van der Waals surface area (Å²) >= 11 is 0. The molecule has 0 bridgehead atoms. The van der Waals surface area contributed by atoms with Crippen molar-refractivity contribution >= 4 is 11.9 Å². The predicted molar refractivity (Wildman–Crippen MR) is 105 cm³/mol. The molecule has 2 aliphatic rings. The summed E-state index contributed by atoms with van der Waals surface area (Å²) in [5.74, 6) is 0.154. The van der Waals surface area contributed by atoms with Gasteiger partial charge in [-0.25, -0.2) is 0 Å². The standard InChI is InChI=1S/C23H25NO4/c1-15-8-7-9-16(2)24(15)21(25)14-27-23(26)22-17-10-3-5-12-19(17)28-20-13-6-4-11-18(20)22/h3-6,10-13,15-16,22H,7-9,14H2,1-2H3/t15-,16-/m1/s1. The average molecular weight is 379 g/mol. The van der Waals surface area contributed by atoms with E-state index in [1.165, 1.54) is 0 Å². The summed E-state index contributed by atoms with van der Waals surface area (Å²) in [6.07, 6.45) is 3.11. The highest BCUT2D eigenvalue weighted by molar-refractivity contribution is 5.88. The molecule has 0 aromatic heterocycles. The van der Waals surface area contributed by atoms with Gasteiger partial charge in [-0.15, -0.1) is 0 Å². The smallest absolute Gasteiger partial charge is 0.318 e. The lowest BCUT2D eigenvalue weighted by atomic mass is 9.88. The zero-order chi connectivity index (χ0) is 19.7. The molecule has 2 heterocycles. The number of benzene rings is 2. The summed E-state index contributed by atoms with van der Waals surface area (Å²) in [7, 11) is 0. The molecule has 28 heavy (non-hydrogen) atoms. The molecule has 146 valence electrons. The molecule has 2 aromatic rings. The van der Waals surface area contributed by atoms with E-state index in [0.717, 1.165) is 30.4 Å². The Kier molecular flexibility index (Phi) is 5.07. The Morgan fingerprint density at radius 1 is 0.964 bits per heavy atom. The molecule has 0 radical (unpaired) electrons. The Labute approximate surface area is 165 Å². The molecule has 4 rings (SSSR count). The fourth-order valence-electron chi connectivity index (χ4n) is 4.37. The van der Waals surface area contributed by atoms with Crippen molar-refractivity contribution in [1.82, 2.24) is 4.90 Å². The fraction of sp³-hybridized carbons (Fsp3) is 0.391. The summed E-state index contributed by atoms with van der Waals surface area (Å²) in [6, 6.07) is 15.3. The number of para-hydroxylation sites is 2. The lowest BCUT2D eigenvalue weighted by Crippen LogP contribution is -2.49. The van der Waals surface area contributed by atoms with Crippen molar-refractivity contribution in [2.75, 3.05) is 6.61 Å². The van der Waals surface area contributed by atoms with E-state index in [1.54, 1.807) is 0 Å². The zero-order valence-corrected chi connectivity index (χ0v) is 16.3. The Balaban J connectivity index is 1.53. The first kappa shape index (κ1) is 18.5. The molecule has 5 heteroatoms. The van der Waals surface area contributed by atoms with Crippen LogP contribution in [0.2, 0.25) is 0 Å². The molecule has 0 aliphatic carbocycles. The molecule has 5 nitrogen and oxygen atoms in total. The second kappa shape index (κ2) is 7.66. The molecule has 0 spiro atoms. The van der Waals surface area contributed by atoms with Gasteiger partial charge >= 0.3 is 5.97 Å². The van der Waals surface area contributed by atoms with Crippen LogP contribution in [0.1, 0.15) is 50.2 Å². The number of nitrogens with zero attached hydrogens (tertiary/aromatic N) is 1. The summed E-state index contributed by atoms with van der Waals surface area (Å²) in [5, 5.41) is 0. The maximum Gasteiger partial charge on any atom is 0.318 e. The lowest BCUT2D eigenvalue weighted by molar-refractivity contribution is -0.155. The molecule has 0 unspecified atom stereocenters. The summed E-state index contributed by atoms with van der Waals surface area (Å²) in [6.45, 7) is 3.88. The Morgan fingerprint density at radius 3 is 2.07 bits per heavy atom. The van der Waals surface area contributed by atoms with Crippen LogP contribution in [0.15, 0.2) is 48.5 Å². The number of rotatable bonds is 3. The van der Waals surface area contributed by atoms with Gasteiger partial charge in [0.2, 0.25) is 0 Å². The van der Waals surface area contributed by atoms with Crippen LogP contribution in [0, 0.1) is 0 Å². The number of esters is 1. The minimum Gasteiger partial charge on any atom is -0.457 e. The van der Waals surface area contributed by atoms with Crippen LogP contribution >= 0.6 is 0 Å². The van der Waals surface area contributed by atoms with Crippen LogP contribution in [0.5, 0.6) is 11.5 Å². The monoisotopic (exact) mass is 379 g/mol. The van der Waals surface area contributed by atoms with Crippen molar-refractivity contribution in [2.24, 2.45) is 0 Å². The number of piperidine rings is 1. The molecule has 0 saturated carbocycles. The van der Waals surface area contributed by atoms with E-state index in [-0.39, 0.29) is 24.6 Å². The highest BCUT2D eigenvalue weighted by Crippen LogP contribution is 2.44. The first-order valence-electron chi connectivity index (χ1n) is 9.89. The molecule has 2 atom stereocenters. The van der Waals surface area contributed by atoms with Crippen LogP contribution in [0.3, 0.4) is 0 Å². The number of amides is 1. The maximum absolute atomic E-state index is 13.0. The Morgan fingerprint density at radius 2 is 1.50 bits per heavy atom. The average Bonchev–Trinajstić information content (AvgIpc) is 2.70. The minimum atomic E-state index is -0.592. The van der Waals surface area contributed by atoms with Crippen molar-refractivity contribution in [2.45, 2.75) is 51.1 Å². The number of hydrogen-bond donors (Lipinski definition) is 0. The van der Waals surface area contributed by atoms with E-state index in [2.05, 4.69) is 13.8 Å². The molecular formula is C23H25NO4. The van der Waals surface area contributed by atoms with Gasteiger partial charge in [0.05, 0.1) is 0 Å². The number of carbonyl (C=O) groups is 2. The van der Waals surface area contributed by atoms with Gasteiger partial charge in [0.1, 0.15) is 17.4 Å². The first-order chi connectivity index (χ1) is 13.6. The molecule has 1 saturated heterocycles. The number of ether oxygens (including phenoxy) is 2. The van der Waals surface area contributed by atoms with E-state index in [9.17, 15) is 9.59 Å². The van der Waals surface area contributed by atoms with Crippen LogP contribution in [-0.2, 0) is 14.3 Å². The van der Waals surface area contributed by atoms with Crippen LogP contribution in [0.4, 0.5) is 0 Å². The number of fused-ring (bicyclic) bond motifs is 2. The Hall–Kier alpha value is -2.82. The Bertz CT molecular complexity index is 838. The number of hydrogen-bond acceptors (Lipinski definition) is 4. The molecular weight excluding hydrogens is 354 g/mol. The van der Waals surface area contributed by atoms with Gasteiger partial charge in [-0.1, -0.05) is 36.4 Å². The molecule has 2 aliphatic heterocycles. The van der Waals surface area contributed by atoms with Crippen molar-refractivity contribution in [3.8, 4) is 11.5 Å². The van der Waals surface area contributed by atoms with Gasteiger partial charge in [0.15, 0.2) is 6.61 Å². The molecule has 2 aromatic carbocycles. The summed E-state index contributed by atoms with van der Waals surface area (Å²) in [4.78, 5) is 27.6. The largest absolute Gasteiger partial charge is 0.457 e. The second-order valence-electron chi connectivity index (χ2n) is 7.65. The van der Waals surface area contributed by atoms with Gasteiger partial charge in [0.25, 0.3) is 5.91 Å². The third kappa shape index (κ3) is 3.37. The van der Waals surface area contributed by atoms with Gasteiger partial charge in [-0.05, 0) is 45.2 Å². The van der Waals surface area contributed by atoms with Gasteiger partial charge in [-0.2, -0.15) is 0 Å². The quantitative estimate of drug-likeness (QED) is 0.748. The first-order valence-corrected chi connectivity index (χ1v) is 9.89. The van der Waals surface area contributed by atoms with Gasteiger partial charge < -0.3 is 14.4 Å². The molecule has 1 amide bonds. The SMILES string of the molecule is C[C@@H]1CCC[C@@H](C)N1C(=O)COC(=O)C1c2ccccc2Oc2ccccc21. The summed E-state index contributed by atoms with van der Waals surface area (Å²) in [5.41, 5.74) is 1.52. The summed E-state index contributed by atoms with van der Waals surface area (Å²) < 4.78 is 11.4. The van der Waals surface area contributed by atoms with Crippen molar-refractivity contribution in [3.63, 3.8) is 0 Å². The molecule has 1 fully saturated rings. The highest BCUT2D eigenvalue weighted by atomic mass is 16.5. The van der Waals surface area contributed by atoms with E-state index in [4.69, 9.17) is 9.47 Å². The van der Waals surface area contributed by atoms with Crippen molar-refractivity contribution in [1.29, 1.82) is 0 Å². The van der Waals surface area contributed by atoms with Crippen molar-refractivity contribution < 1.29 is 19.1 Å². The minimum absolute atomic E-state index is 0.123. The third-order valence-corrected chi connectivity index (χ3v) is 5.74. The highest BCUT2D eigenvalue weighted by Gasteiger charge is 2.35. The lowest BCUT2D eigenvalue weighted by Gasteiger charge is -2.39. The maximum atomic E-state index is 13.0. The van der Waals surface area contributed by atoms with Crippen molar-refractivity contribution in [3.05, 3.63) is 59.7 Å².